The molecule has 0 aromatic heterocycles. The zero-order valence-corrected chi connectivity index (χ0v) is 16.9. The predicted molar refractivity (Wildman–Crippen MR) is 114 cm³/mol. The fraction of sp³-hybridized carbons (Fsp3) is 0.217. The van der Waals surface area contributed by atoms with E-state index in [-0.39, 0.29) is 0 Å². The minimum Gasteiger partial charge on any atom is -0.497 e. The quantitative estimate of drug-likeness (QED) is 0.404. The first-order chi connectivity index (χ1) is 14.5. The van der Waals surface area contributed by atoms with Crippen LogP contribution in [0.4, 0.5) is 0 Å². The summed E-state index contributed by atoms with van der Waals surface area (Å²) in [6.45, 7) is 1.77. The van der Waals surface area contributed by atoms with E-state index in [4.69, 9.17) is 29.3 Å². The summed E-state index contributed by atoms with van der Waals surface area (Å²) in [6, 6.07) is 20.8. The Balaban J connectivity index is 0.000000469. The molecule has 0 heterocycles. The molecule has 0 atom stereocenters. The highest BCUT2D eigenvalue weighted by Gasteiger charge is 2.06. The number of rotatable bonds is 7. The number of carboxylic acid groups (broad SMARTS) is 2. The molecule has 158 valence electrons. The van der Waals surface area contributed by atoms with E-state index in [0.29, 0.717) is 0 Å². The summed E-state index contributed by atoms with van der Waals surface area (Å²) in [6.07, 6.45) is 0.977. The highest BCUT2D eigenvalue weighted by Crippen LogP contribution is 2.28. The number of hydrogen-bond acceptors (Lipinski definition) is 5. The van der Waals surface area contributed by atoms with Crippen molar-refractivity contribution in [3.05, 3.63) is 71.8 Å². The van der Waals surface area contributed by atoms with Gasteiger partial charge in [-0.3, -0.25) is 0 Å². The van der Waals surface area contributed by atoms with E-state index >= 15 is 0 Å². The lowest BCUT2D eigenvalue weighted by Gasteiger charge is -2.11. The number of fused-ring (bicyclic) bond motifs is 1. The van der Waals surface area contributed by atoms with Gasteiger partial charge in [-0.05, 0) is 47.7 Å². The van der Waals surface area contributed by atoms with E-state index in [1.165, 1.54) is 16.5 Å². The zero-order chi connectivity index (χ0) is 21.9. The molecule has 30 heavy (non-hydrogen) atoms. The maximum atomic E-state index is 9.10. The molecule has 0 radical (unpaired) electrons. The minimum atomic E-state index is -1.82. The van der Waals surface area contributed by atoms with Crippen LogP contribution in [0, 0.1) is 0 Å². The van der Waals surface area contributed by atoms with Gasteiger partial charge in [0.25, 0.3) is 0 Å². The molecule has 0 aliphatic carbocycles. The van der Waals surface area contributed by atoms with Crippen molar-refractivity contribution in [2.45, 2.75) is 13.0 Å². The number of benzene rings is 3. The molecule has 0 bridgehead atoms. The Morgan fingerprint density at radius 2 is 1.57 bits per heavy atom. The summed E-state index contributed by atoms with van der Waals surface area (Å²) in [5.74, 6) is -1.82. The first-order valence-corrected chi connectivity index (χ1v) is 9.30. The number of carboxylic acids is 2. The van der Waals surface area contributed by atoms with Crippen LogP contribution in [0.1, 0.15) is 11.1 Å². The van der Waals surface area contributed by atoms with Gasteiger partial charge in [0.05, 0.1) is 14.2 Å². The Kier molecular flexibility index (Phi) is 8.65. The van der Waals surface area contributed by atoms with E-state index in [9.17, 15) is 0 Å². The van der Waals surface area contributed by atoms with Gasteiger partial charge in [-0.1, -0.05) is 42.5 Å². The third kappa shape index (κ3) is 6.49. The number of ether oxygens (including phenoxy) is 2. The van der Waals surface area contributed by atoms with Crippen LogP contribution in [0.3, 0.4) is 0 Å². The average molecular weight is 411 g/mol. The van der Waals surface area contributed by atoms with Crippen LogP contribution in [0.5, 0.6) is 11.5 Å². The highest BCUT2D eigenvalue weighted by atomic mass is 16.5. The first kappa shape index (κ1) is 22.7. The van der Waals surface area contributed by atoms with E-state index in [1.54, 1.807) is 14.2 Å². The second-order valence-electron chi connectivity index (χ2n) is 6.36. The van der Waals surface area contributed by atoms with Crippen molar-refractivity contribution >= 4 is 22.7 Å². The van der Waals surface area contributed by atoms with Gasteiger partial charge in [-0.15, -0.1) is 0 Å². The molecule has 7 heteroatoms. The smallest absolute Gasteiger partial charge is 0.414 e. The molecule has 0 fully saturated rings. The summed E-state index contributed by atoms with van der Waals surface area (Å²) in [5, 5.41) is 20.7. The summed E-state index contributed by atoms with van der Waals surface area (Å²) in [4.78, 5) is 18.2. The van der Waals surface area contributed by atoms with Crippen LogP contribution in [0.15, 0.2) is 60.7 Å². The molecule has 7 nitrogen and oxygen atoms in total. The van der Waals surface area contributed by atoms with Gasteiger partial charge in [0, 0.05) is 11.9 Å². The molecule has 3 aromatic carbocycles. The van der Waals surface area contributed by atoms with Gasteiger partial charge >= 0.3 is 11.9 Å². The lowest BCUT2D eigenvalue weighted by molar-refractivity contribution is -0.159. The topological polar surface area (TPSA) is 105 Å². The Morgan fingerprint density at radius 1 is 0.867 bits per heavy atom. The van der Waals surface area contributed by atoms with E-state index in [1.807, 2.05) is 24.3 Å². The van der Waals surface area contributed by atoms with Crippen LogP contribution in [-0.2, 0) is 22.6 Å². The normalized spacial score (nSPS) is 10.1. The van der Waals surface area contributed by atoms with Crippen LogP contribution in [0.25, 0.3) is 10.8 Å². The molecule has 0 saturated heterocycles. The van der Waals surface area contributed by atoms with Crippen molar-refractivity contribution in [1.29, 1.82) is 0 Å². The molecule has 3 rings (SSSR count). The summed E-state index contributed by atoms with van der Waals surface area (Å²) < 4.78 is 10.7. The molecule has 0 spiro atoms. The molecule has 0 unspecified atom stereocenters. The Morgan fingerprint density at radius 3 is 2.20 bits per heavy atom. The predicted octanol–water partition coefficient (Wildman–Crippen LogP) is 3.34. The third-order valence-corrected chi connectivity index (χ3v) is 4.42. The van der Waals surface area contributed by atoms with Crippen molar-refractivity contribution in [3.63, 3.8) is 0 Å². The maximum absolute atomic E-state index is 9.10. The fourth-order valence-corrected chi connectivity index (χ4v) is 2.95. The summed E-state index contributed by atoms with van der Waals surface area (Å²) in [5.41, 5.74) is 2.57. The molecule has 0 saturated carbocycles. The van der Waals surface area contributed by atoms with Crippen molar-refractivity contribution in [3.8, 4) is 11.5 Å². The van der Waals surface area contributed by atoms with E-state index in [2.05, 4.69) is 41.7 Å². The van der Waals surface area contributed by atoms with Gasteiger partial charge in [0.2, 0.25) is 0 Å². The van der Waals surface area contributed by atoms with Gasteiger partial charge in [-0.25, -0.2) is 9.59 Å². The number of aliphatic carboxylic acids is 2. The molecular weight excluding hydrogens is 386 g/mol. The number of hydrogen-bond donors (Lipinski definition) is 3. The lowest BCUT2D eigenvalue weighted by Crippen LogP contribution is -2.16. The van der Waals surface area contributed by atoms with Crippen LogP contribution < -0.4 is 14.8 Å². The Hall–Kier alpha value is -3.58. The monoisotopic (exact) mass is 411 g/mol. The van der Waals surface area contributed by atoms with Gasteiger partial charge in [-0.2, -0.15) is 0 Å². The van der Waals surface area contributed by atoms with Gasteiger partial charge in [0.15, 0.2) is 0 Å². The molecule has 0 aliphatic rings. The largest absolute Gasteiger partial charge is 0.497 e. The number of carbonyl (C=O) groups is 2. The Bertz CT molecular complexity index is 990. The van der Waals surface area contributed by atoms with Gasteiger partial charge in [0.1, 0.15) is 11.5 Å². The summed E-state index contributed by atoms with van der Waals surface area (Å²) >= 11 is 0. The summed E-state index contributed by atoms with van der Waals surface area (Å²) in [7, 11) is 3.42. The van der Waals surface area contributed by atoms with Gasteiger partial charge < -0.3 is 25.0 Å². The number of methoxy groups -OCH3 is 2. The standard InChI is InChI=1S/C21H23NO2.C2H2O4/c1-23-18-7-5-6-16(14-18)12-13-22-15-17-10-11-21(24-2)20-9-4-3-8-19(17)20;3-1(4)2(5)6/h3-11,14,22H,12-13,15H2,1-2H3;(H,3,4)(H,5,6). The first-order valence-electron chi connectivity index (χ1n) is 9.30. The molecule has 3 N–H and O–H groups in total. The highest BCUT2D eigenvalue weighted by molar-refractivity contribution is 6.27. The van der Waals surface area contributed by atoms with Crippen molar-refractivity contribution in [2.24, 2.45) is 0 Å². The van der Waals surface area contributed by atoms with E-state index in [0.717, 1.165) is 36.4 Å². The third-order valence-electron chi connectivity index (χ3n) is 4.42. The number of nitrogens with one attached hydrogen (secondary N) is 1. The second kappa shape index (κ2) is 11.4. The van der Waals surface area contributed by atoms with Crippen molar-refractivity contribution < 1.29 is 29.3 Å². The zero-order valence-electron chi connectivity index (χ0n) is 16.9. The van der Waals surface area contributed by atoms with Crippen LogP contribution >= 0.6 is 0 Å². The average Bonchev–Trinajstić information content (AvgIpc) is 2.77. The maximum Gasteiger partial charge on any atom is 0.414 e. The molecule has 0 aliphatic heterocycles. The van der Waals surface area contributed by atoms with Crippen molar-refractivity contribution in [2.75, 3.05) is 20.8 Å². The second-order valence-corrected chi connectivity index (χ2v) is 6.36. The molecule has 0 amide bonds. The SMILES string of the molecule is COc1cccc(CCNCc2ccc(OC)c3ccccc23)c1.O=C(O)C(=O)O. The van der Waals surface area contributed by atoms with Crippen molar-refractivity contribution in [1.82, 2.24) is 5.32 Å². The van der Waals surface area contributed by atoms with E-state index < -0.39 is 11.9 Å². The molecular formula is C23H25NO6. The molecule has 3 aromatic rings. The van der Waals surface area contributed by atoms with Crippen LogP contribution in [-0.4, -0.2) is 42.9 Å². The fourth-order valence-electron chi connectivity index (χ4n) is 2.95. The lowest BCUT2D eigenvalue weighted by atomic mass is 10.0. The Labute approximate surface area is 174 Å². The van der Waals surface area contributed by atoms with Crippen LogP contribution in [0.2, 0.25) is 0 Å². The minimum absolute atomic E-state index is 0.842.